The summed E-state index contributed by atoms with van der Waals surface area (Å²) in [5.74, 6) is 0. The minimum Gasteiger partial charge on any atom is -0.321 e. The van der Waals surface area contributed by atoms with Gasteiger partial charge in [0.25, 0.3) is 0 Å². The first-order valence-electron chi connectivity index (χ1n) is 3.40. The monoisotopic (exact) mass is 180 g/mol. The van der Waals surface area contributed by atoms with E-state index in [1.807, 2.05) is 0 Å². The Hall–Kier alpha value is -1.35. The lowest BCUT2D eigenvalue weighted by Gasteiger charge is -1.94. The van der Waals surface area contributed by atoms with Crippen LogP contribution in [0, 0.1) is 0 Å². The molecule has 1 N–H and O–H groups in total. The molecule has 3 nitrogen and oxygen atoms in total. The number of rotatable bonds is 0. The van der Waals surface area contributed by atoms with Crippen molar-refractivity contribution in [3.63, 3.8) is 0 Å². The number of hydrogen-bond acceptors (Lipinski definition) is 2. The summed E-state index contributed by atoms with van der Waals surface area (Å²) in [7, 11) is 0. The average molecular weight is 181 g/mol. The van der Waals surface area contributed by atoms with Gasteiger partial charge in [-0.25, -0.2) is 0 Å². The maximum Gasteiger partial charge on any atom is 0.248 e. The molecule has 0 aromatic carbocycles. The van der Waals surface area contributed by atoms with E-state index in [9.17, 15) is 4.79 Å². The van der Waals surface area contributed by atoms with Crippen LogP contribution in [0.25, 0.3) is 11.0 Å². The Morgan fingerprint density at radius 2 is 2.25 bits per heavy atom. The minimum atomic E-state index is -0.147. The molecule has 0 amide bonds. The summed E-state index contributed by atoms with van der Waals surface area (Å²) >= 11 is 5.69. The zero-order valence-electron chi connectivity index (χ0n) is 6.04. The molecule has 0 aliphatic rings. The van der Waals surface area contributed by atoms with Crippen molar-refractivity contribution >= 4 is 22.6 Å². The van der Waals surface area contributed by atoms with Gasteiger partial charge < -0.3 is 4.98 Å². The lowest BCUT2D eigenvalue weighted by Crippen LogP contribution is -2.02. The summed E-state index contributed by atoms with van der Waals surface area (Å²) in [6.45, 7) is 0. The first-order valence-corrected chi connectivity index (χ1v) is 3.78. The third-order valence-electron chi connectivity index (χ3n) is 1.54. The van der Waals surface area contributed by atoms with E-state index in [4.69, 9.17) is 11.6 Å². The molecule has 2 rings (SSSR count). The molecule has 2 aromatic heterocycles. The molecule has 0 bridgehead atoms. The van der Waals surface area contributed by atoms with Crippen molar-refractivity contribution in [1.82, 2.24) is 9.97 Å². The number of aromatic amines is 1. The average Bonchev–Trinajstić information content (AvgIpc) is 2.03. The van der Waals surface area contributed by atoms with Gasteiger partial charge in [-0.2, -0.15) is 0 Å². The molecule has 60 valence electrons. The third-order valence-corrected chi connectivity index (χ3v) is 1.74. The molecule has 0 saturated carbocycles. The fraction of sp³-hybridized carbons (Fsp3) is 0. The van der Waals surface area contributed by atoms with Gasteiger partial charge in [-0.05, 0) is 12.1 Å². The van der Waals surface area contributed by atoms with Gasteiger partial charge in [-0.1, -0.05) is 11.6 Å². The normalized spacial score (nSPS) is 10.4. The molecule has 0 atom stereocenters. The van der Waals surface area contributed by atoms with E-state index in [1.54, 1.807) is 18.3 Å². The third kappa shape index (κ3) is 1.19. The van der Waals surface area contributed by atoms with Crippen molar-refractivity contribution in [2.24, 2.45) is 0 Å². The standard InChI is InChI=1S/C8H5ClN2O/c9-5-3-7-6(10-4-5)1-2-8(12)11-7/h1-4H,(H,11,12). The molecular formula is C8H5ClN2O. The number of fused-ring (bicyclic) bond motifs is 1. The summed E-state index contributed by atoms with van der Waals surface area (Å²) in [4.78, 5) is 17.5. The predicted molar refractivity (Wildman–Crippen MR) is 47.4 cm³/mol. The number of aromatic nitrogens is 2. The Kier molecular flexibility index (Phi) is 1.59. The van der Waals surface area contributed by atoms with E-state index >= 15 is 0 Å². The Labute approximate surface area is 73.0 Å². The fourth-order valence-electron chi connectivity index (χ4n) is 1.01. The number of hydrogen-bond donors (Lipinski definition) is 1. The van der Waals surface area contributed by atoms with Crippen molar-refractivity contribution in [3.05, 3.63) is 39.8 Å². The highest BCUT2D eigenvalue weighted by Crippen LogP contribution is 2.12. The van der Waals surface area contributed by atoms with Gasteiger partial charge in [0.05, 0.1) is 16.1 Å². The van der Waals surface area contributed by atoms with Crippen molar-refractivity contribution < 1.29 is 0 Å². The molecule has 0 radical (unpaired) electrons. The smallest absolute Gasteiger partial charge is 0.248 e. The lowest BCUT2D eigenvalue weighted by atomic mass is 10.3. The topological polar surface area (TPSA) is 45.8 Å². The summed E-state index contributed by atoms with van der Waals surface area (Å²) in [6.07, 6.45) is 1.54. The maximum atomic E-state index is 10.9. The van der Waals surface area contributed by atoms with E-state index < -0.39 is 0 Å². The second kappa shape index (κ2) is 2.60. The quantitative estimate of drug-likeness (QED) is 0.669. The Bertz CT molecular complexity index is 478. The zero-order valence-corrected chi connectivity index (χ0v) is 6.80. The highest BCUT2D eigenvalue weighted by Gasteiger charge is 1.95. The maximum absolute atomic E-state index is 10.9. The van der Waals surface area contributed by atoms with E-state index in [-0.39, 0.29) is 5.56 Å². The second-order valence-corrected chi connectivity index (χ2v) is 2.85. The van der Waals surface area contributed by atoms with Crippen molar-refractivity contribution in [2.75, 3.05) is 0 Å². The van der Waals surface area contributed by atoms with Gasteiger partial charge in [0.15, 0.2) is 0 Å². The molecule has 12 heavy (non-hydrogen) atoms. The van der Waals surface area contributed by atoms with Crippen LogP contribution in [0.15, 0.2) is 29.2 Å². The second-order valence-electron chi connectivity index (χ2n) is 2.41. The molecule has 0 spiro atoms. The first-order chi connectivity index (χ1) is 5.75. The SMILES string of the molecule is O=c1ccc2ncc(Cl)cc2[nH]1. The summed E-state index contributed by atoms with van der Waals surface area (Å²) in [5.41, 5.74) is 1.25. The fourth-order valence-corrected chi connectivity index (χ4v) is 1.17. The predicted octanol–water partition coefficient (Wildman–Crippen LogP) is 1.58. The minimum absolute atomic E-state index is 0.147. The highest BCUT2D eigenvalue weighted by atomic mass is 35.5. The van der Waals surface area contributed by atoms with Crippen LogP contribution in [-0.2, 0) is 0 Å². The van der Waals surface area contributed by atoms with Crippen LogP contribution in [-0.4, -0.2) is 9.97 Å². The summed E-state index contributed by atoms with van der Waals surface area (Å²) in [5, 5.41) is 0.518. The van der Waals surface area contributed by atoms with Gasteiger partial charge in [0.1, 0.15) is 0 Å². The van der Waals surface area contributed by atoms with E-state index in [0.717, 1.165) is 5.52 Å². The van der Waals surface area contributed by atoms with Gasteiger partial charge in [0, 0.05) is 12.3 Å². The Balaban J connectivity index is 2.89. The highest BCUT2D eigenvalue weighted by molar-refractivity contribution is 6.31. The van der Waals surface area contributed by atoms with E-state index in [0.29, 0.717) is 10.5 Å². The number of H-pyrrole nitrogens is 1. The molecule has 2 heterocycles. The molecule has 0 aliphatic carbocycles. The number of halogens is 1. The summed E-state index contributed by atoms with van der Waals surface area (Å²) in [6, 6.07) is 4.76. The molecule has 0 unspecified atom stereocenters. The van der Waals surface area contributed by atoms with Crippen LogP contribution in [0.5, 0.6) is 0 Å². The van der Waals surface area contributed by atoms with Crippen LogP contribution in [0.4, 0.5) is 0 Å². The van der Waals surface area contributed by atoms with E-state index in [2.05, 4.69) is 9.97 Å². The van der Waals surface area contributed by atoms with Crippen molar-refractivity contribution in [1.29, 1.82) is 0 Å². The van der Waals surface area contributed by atoms with Crippen LogP contribution in [0.1, 0.15) is 0 Å². The zero-order chi connectivity index (χ0) is 8.55. The van der Waals surface area contributed by atoms with Crippen molar-refractivity contribution in [3.8, 4) is 0 Å². The molecule has 0 fully saturated rings. The molecule has 4 heteroatoms. The molecule has 0 saturated heterocycles. The van der Waals surface area contributed by atoms with Gasteiger partial charge in [0.2, 0.25) is 5.56 Å². The van der Waals surface area contributed by atoms with E-state index in [1.165, 1.54) is 6.07 Å². The van der Waals surface area contributed by atoms with Gasteiger partial charge >= 0.3 is 0 Å². The van der Waals surface area contributed by atoms with Gasteiger partial charge in [-0.3, -0.25) is 9.78 Å². The molecule has 2 aromatic rings. The van der Waals surface area contributed by atoms with Crippen molar-refractivity contribution in [2.45, 2.75) is 0 Å². The summed E-state index contributed by atoms with van der Waals surface area (Å²) < 4.78 is 0. The van der Waals surface area contributed by atoms with Gasteiger partial charge in [-0.15, -0.1) is 0 Å². The van der Waals surface area contributed by atoms with Crippen LogP contribution >= 0.6 is 11.6 Å². The number of nitrogens with one attached hydrogen (secondary N) is 1. The van der Waals surface area contributed by atoms with Crippen LogP contribution < -0.4 is 5.56 Å². The Morgan fingerprint density at radius 3 is 3.08 bits per heavy atom. The Morgan fingerprint density at radius 1 is 1.42 bits per heavy atom. The lowest BCUT2D eigenvalue weighted by molar-refractivity contribution is 1.27. The number of pyridine rings is 2. The first kappa shape index (κ1) is 7.31. The molecular weight excluding hydrogens is 176 g/mol. The van der Waals surface area contributed by atoms with Crippen LogP contribution in [0.3, 0.4) is 0 Å². The largest absolute Gasteiger partial charge is 0.321 e. The molecule has 0 aliphatic heterocycles. The number of nitrogens with zero attached hydrogens (tertiary/aromatic N) is 1. The van der Waals surface area contributed by atoms with Crippen LogP contribution in [0.2, 0.25) is 5.02 Å².